The van der Waals surface area contributed by atoms with Crippen molar-refractivity contribution in [3.8, 4) is 5.75 Å². The number of fused-ring (bicyclic) bond motifs is 1. The average molecular weight is 303 g/mol. The molecule has 0 bridgehead atoms. The molecule has 1 aromatic carbocycles. The largest absolute Gasteiger partial charge is 0.493 e. The van der Waals surface area contributed by atoms with E-state index in [0.717, 1.165) is 41.4 Å². The predicted octanol–water partition coefficient (Wildman–Crippen LogP) is 2.74. The highest BCUT2D eigenvalue weighted by Crippen LogP contribution is 2.31. The topological polar surface area (TPSA) is 64.1 Å². The van der Waals surface area contributed by atoms with Gasteiger partial charge in [0.1, 0.15) is 10.6 Å². The summed E-state index contributed by atoms with van der Waals surface area (Å²) in [6, 6.07) is 7.86. The lowest BCUT2D eigenvalue weighted by Gasteiger charge is -2.17. The van der Waals surface area contributed by atoms with Crippen LogP contribution in [0.1, 0.15) is 46.7 Å². The van der Waals surface area contributed by atoms with Gasteiger partial charge in [0.05, 0.1) is 18.3 Å². The van der Waals surface area contributed by atoms with E-state index >= 15 is 0 Å². The van der Waals surface area contributed by atoms with Gasteiger partial charge in [-0.25, -0.2) is 0 Å². The van der Waals surface area contributed by atoms with Crippen LogP contribution in [0, 0.1) is 0 Å². The normalized spacial score (nSPS) is 17.5. The lowest BCUT2D eigenvalue weighted by molar-refractivity contribution is 0.0937. The van der Waals surface area contributed by atoms with E-state index in [-0.39, 0.29) is 11.9 Å². The molecule has 1 unspecified atom stereocenters. The number of aryl methyl sites for hydroxylation is 1. The van der Waals surface area contributed by atoms with E-state index in [4.69, 9.17) is 4.74 Å². The lowest BCUT2D eigenvalue weighted by Crippen LogP contribution is -2.28. The summed E-state index contributed by atoms with van der Waals surface area (Å²) in [4.78, 5) is 13.1. The van der Waals surface area contributed by atoms with Crippen LogP contribution in [0.4, 0.5) is 0 Å². The Hall–Kier alpha value is -1.95. The fraction of sp³-hybridized carbons (Fsp3) is 0.400. The fourth-order valence-electron chi connectivity index (χ4n) is 2.51. The number of hydrogen-bond donors (Lipinski definition) is 1. The molecule has 2 heterocycles. The van der Waals surface area contributed by atoms with E-state index in [9.17, 15) is 4.79 Å². The van der Waals surface area contributed by atoms with Gasteiger partial charge >= 0.3 is 0 Å². The highest BCUT2D eigenvalue weighted by molar-refractivity contribution is 7.08. The van der Waals surface area contributed by atoms with Crippen molar-refractivity contribution in [3.05, 3.63) is 40.4 Å². The number of hydrogen-bond acceptors (Lipinski definition) is 5. The van der Waals surface area contributed by atoms with E-state index in [0.29, 0.717) is 17.9 Å². The first-order valence-corrected chi connectivity index (χ1v) is 7.90. The van der Waals surface area contributed by atoms with E-state index in [1.54, 1.807) is 0 Å². The Morgan fingerprint density at radius 3 is 3.19 bits per heavy atom. The van der Waals surface area contributed by atoms with E-state index in [1.165, 1.54) is 0 Å². The van der Waals surface area contributed by atoms with Gasteiger partial charge in [0.2, 0.25) is 0 Å². The van der Waals surface area contributed by atoms with Crippen LogP contribution in [0.25, 0.3) is 0 Å². The van der Waals surface area contributed by atoms with Gasteiger partial charge in [-0.2, -0.15) is 0 Å². The molecule has 0 saturated carbocycles. The number of rotatable bonds is 3. The molecule has 3 rings (SSSR count). The van der Waals surface area contributed by atoms with Crippen LogP contribution in [0.15, 0.2) is 24.3 Å². The Morgan fingerprint density at radius 2 is 2.33 bits per heavy atom. The minimum atomic E-state index is -0.0939. The van der Waals surface area contributed by atoms with Crippen molar-refractivity contribution < 1.29 is 9.53 Å². The summed E-state index contributed by atoms with van der Waals surface area (Å²) in [6.07, 6.45) is 2.50. The molecule has 1 N–H and O–H groups in total. The van der Waals surface area contributed by atoms with Gasteiger partial charge in [0.25, 0.3) is 5.91 Å². The summed E-state index contributed by atoms with van der Waals surface area (Å²) >= 11 is 1.15. The second-order valence-electron chi connectivity index (χ2n) is 4.96. The maximum Gasteiger partial charge on any atom is 0.265 e. The molecule has 5 nitrogen and oxygen atoms in total. The molecule has 21 heavy (non-hydrogen) atoms. The Labute approximate surface area is 127 Å². The van der Waals surface area contributed by atoms with Gasteiger partial charge in [-0.15, -0.1) is 5.10 Å². The molecule has 1 aliphatic heterocycles. The summed E-state index contributed by atoms with van der Waals surface area (Å²) < 4.78 is 9.60. The van der Waals surface area contributed by atoms with E-state index < -0.39 is 0 Å². The van der Waals surface area contributed by atoms with Crippen molar-refractivity contribution in [3.63, 3.8) is 0 Å². The molecule has 1 aromatic heterocycles. The van der Waals surface area contributed by atoms with Crippen LogP contribution in [-0.4, -0.2) is 22.1 Å². The number of para-hydroxylation sites is 1. The molecule has 0 fully saturated rings. The number of amides is 1. The number of benzene rings is 1. The number of nitrogens with one attached hydrogen (secondary N) is 1. The molecular weight excluding hydrogens is 286 g/mol. The summed E-state index contributed by atoms with van der Waals surface area (Å²) in [5.74, 6) is 0.766. The zero-order valence-corrected chi connectivity index (χ0v) is 12.7. The van der Waals surface area contributed by atoms with E-state index in [2.05, 4.69) is 14.9 Å². The van der Waals surface area contributed by atoms with Crippen molar-refractivity contribution in [2.24, 2.45) is 0 Å². The number of carbonyl (C=O) groups excluding carboxylic acids is 1. The predicted molar refractivity (Wildman–Crippen MR) is 80.7 cm³/mol. The third-order valence-electron chi connectivity index (χ3n) is 3.59. The molecule has 1 amide bonds. The summed E-state index contributed by atoms with van der Waals surface area (Å²) in [7, 11) is 0. The third kappa shape index (κ3) is 2.90. The monoisotopic (exact) mass is 303 g/mol. The number of ether oxygens (including phenoxy) is 1. The van der Waals surface area contributed by atoms with Crippen LogP contribution in [0.5, 0.6) is 5.75 Å². The van der Waals surface area contributed by atoms with Crippen molar-refractivity contribution in [2.45, 2.75) is 32.2 Å². The molecule has 110 valence electrons. The number of carbonyl (C=O) groups is 1. The second-order valence-corrected chi connectivity index (χ2v) is 5.71. The minimum absolute atomic E-state index is 0.0250. The van der Waals surface area contributed by atoms with Crippen LogP contribution in [-0.2, 0) is 6.42 Å². The Bertz CT molecular complexity index is 641. The highest BCUT2D eigenvalue weighted by atomic mass is 32.1. The SMILES string of the molecule is CCc1nnsc1C(=O)NC1CCCOc2ccccc21. The molecule has 0 spiro atoms. The first-order chi connectivity index (χ1) is 10.3. The van der Waals surface area contributed by atoms with Gasteiger partial charge in [0.15, 0.2) is 0 Å². The standard InChI is InChI=1S/C15H17N3O2S/c1-2-11-14(21-18-17-11)15(19)16-12-7-5-9-20-13-8-4-3-6-10(12)13/h3-4,6,8,12H,2,5,7,9H2,1H3,(H,16,19). The van der Waals surface area contributed by atoms with Crippen molar-refractivity contribution in [1.29, 1.82) is 0 Å². The first-order valence-electron chi connectivity index (χ1n) is 7.13. The molecule has 1 aliphatic rings. The van der Waals surface area contributed by atoms with Crippen molar-refractivity contribution in [2.75, 3.05) is 6.61 Å². The zero-order chi connectivity index (χ0) is 14.7. The summed E-state index contributed by atoms with van der Waals surface area (Å²) in [5.41, 5.74) is 1.80. The average Bonchev–Trinajstić information content (AvgIpc) is 2.90. The van der Waals surface area contributed by atoms with Crippen LogP contribution in [0.2, 0.25) is 0 Å². The van der Waals surface area contributed by atoms with E-state index in [1.807, 2.05) is 31.2 Å². The molecule has 0 aliphatic carbocycles. The lowest BCUT2D eigenvalue weighted by atomic mass is 10.0. The fourth-order valence-corrected chi connectivity index (χ4v) is 3.16. The molecular formula is C15H17N3O2S. The van der Waals surface area contributed by atoms with Gasteiger partial charge in [-0.1, -0.05) is 29.6 Å². The molecule has 1 atom stereocenters. The summed E-state index contributed by atoms with van der Waals surface area (Å²) in [5, 5.41) is 7.10. The van der Waals surface area contributed by atoms with Crippen molar-refractivity contribution >= 4 is 17.4 Å². The highest BCUT2D eigenvalue weighted by Gasteiger charge is 2.23. The van der Waals surface area contributed by atoms with Gasteiger partial charge in [-0.3, -0.25) is 4.79 Å². The maximum absolute atomic E-state index is 12.5. The molecule has 6 heteroatoms. The van der Waals surface area contributed by atoms with Gasteiger partial charge in [-0.05, 0) is 36.9 Å². The second kappa shape index (κ2) is 6.22. The van der Waals surface area contributed by atoms with Crippen LogP contribution in [0.3, 0.4) is 0 Å². The van der Waals surface area contributed by atoms with Gasteiger partial charge < -0.3 is 10.1 Å². The van der Waals surface area contributed by atoms with Crippen molar-refractivity contribution in [1.82, 2.24) is 14.9 Å². The quantitative estimate of drug-likeness (QED) is 0.947. The van der Waals surface area contributed by atoms with Gasteiger partial charge in [0, 0.05) is 5.56 Å². The minimum Gasteiger partial charge on any atom is -0.493 e. The maximum atomic E-state index is 12.5. The summed E-state index contributed by atoms with van der Waals surface area (Å²) in [6.45, 7) is 2.66. The number of aromatic nitrogens is 2. The Kier molecular flexibility index (Phi) is 4.15. The first kappa shape index (κ1) is 14.0. The number of nitrogens with zero attached hydrogens (tertiary/aromatic N) is 2. The molecule has 0 saturated heterocycles. The molecule has 0 radical (unpaired) electrons. The van der Waals surface area contributed by atoms with Crippen LogP contribution >= 0.6 is 11.5 Å². The smallest absolute Gasteiger partial charge is 0.265 e. The Balaban J connectivity index is 1.83. The molecule has 2 aromatic rings. The van der Waals surface area contributed by atoms with Crippen LogP contribution < -0.4 is 10.1 Å². The third-order valence-corrected chi connectivity index (χ3v) is 4.36. The Morgan fingerprint density at radius 1 is 1.48 bits per heavy atom. The zero-order valence-electron chi connectivity index (χ0n) is 11.8.